The zero-order valence-corrected chi connectivity index (χ0v) is 24.0. The van der Waals surface area contributed by atoms with E-state index in [0.717, 1.165) is 35.2 Å². The third-order valence-electron chi connectivity index (χ3n) is 6.49. The van der Waals surface area contributed by atoms with Crippen LogP contribution in [-0.2, 0) is 11.2 Å². The van der Waals surface area contributed by atoms with E-state index in [0.29, 0.717) is 21.6 Å². The van der Waals surface area contributed by atoms with Gasteiger partial charge in [0.15, 0.2) is 11.0 Å². The molecule has 0 amide bonds. The molecule has 0 saturated heterocycles. The average Bonchev–Trinajstić information content (AvgIpc) is 3.38. The van der Waals surface area contributed by atoms with Crippen molar-refractivity contribution >= 4 is 29.2 Å². The zero-order chi connectivity index (χ0) is 29.7. The van der Waals surface area contributed by atoms with E-state index in [1.54, 1.807) is 24.4 Å². The molecular weight excluding hydrogens is 577 g/mol. The lowest BCUT2D eigenvalue weighted by molar-refractivity contribution is 0.365. The lowest BCUT2D eigenvalue weighted by Gasteiger charge is -2.28. The first-order chi connectivity index (χ1) is 19.6. The fourth-order valence-electron chi connectivity index (χ4n) is 4.12. The lowest BCUT2D eigenvalue weighted by Crippen LogP contribution is -2.35. The highest BCUT2D eigenvalue weighted by molar-refractivity contribution is 7.98. The standard InChI is InChI=1S/C28H28ClF3N6O2S/c1-28(2,16-4-9-21(29)24(10-16)39-3)25-13-35-27(38(25)18-7-5-17(30)6-8-18)41-15-20-22(31)11-19(12-23(20)32)40-14-26(36-33)37-34/h4-13H,14-15,33-34H2,1-3H3,(H,36,37). The van der Waals surface area contributed by atoms with Crippen molar-refractivity contribution in [2.45, 2.75) is 30.2 Å². The van der Waals surface area contributed by atoms with Crippen LogP contribution in [0.15, 0.2) is 71.1 Å². The first-order valence-corrected chi connectivity index (χ1v) is 13.6. The van der Waals surface area contributed by atoms with Crippen molar-refractivity contribution in [3.05, 3.63) is 100 Å². The Labute approximate surface area is 244 Å². The van der Waals surface area contributed by atoms with E-state index < -0.39 is 22.9 Å². The average molecular weight is 605 g/mol. The minimum Gasteiger partial charge on any atom is -0.495 e. The van der Waals surface area contributed by atoms with Crippen molar-refractivity contribution in [1.29, 1.82) is 0 Å². The number of methoxy groups -OCH3 is 1. The minimum absolute atomic E-state index is 0.0552. The van der Waals surface area contributed by atoms with Crippen LogP contribution in [0.1, 0.15) is 30.7 Å². The van der Waals surface area contributed by atoms with Gasteiger partial charge in [0, 0.05) is 34.6 Å². The van der Waals surface area contributed by atoms with Crippen molar-refractivity contribution in [3.8, 4) is 17.2 Å². The van der Waals surface area contributed by atoms with Gasteiger partial charge >= 0.3 is 0 Å². The summed E-state index contributed by atoms with van der Waals surface area (Å²) in [5.41, 5.74) is 3.70. The molecule has 4 aromatic rings. The Morgan fingerprint density at radius 1 is 1.10 bits per heavy atom. The molecule has 0 aliphatic heterocycles. The first kappa shape index (κ1) is 30.1. The second kappa shape index (κ2) is 12.8. The number of nitrogens with two attached hydrogens (primary N) is 2. The van der Waals surface area contributed by atoms with E-state index in [9.17, 15) is 13.2 Å². The third-order valence-corrected chi connectivity index (χ3v) is 7.78. The number of benzene rings is 3. The number of hydrazone groups is 1. The molecule has 0 fully saturated rings. The highest BCUT2D eigenvalue weighted by Gasteiger charge is 2.30. The predicted octanol–water partition coefficient (Wildman–Crippen LogP) is 5.68. The van der Waals surface area contributed by atoms with Gasteiger partial charge in [-0.15, -0.1) is 0 Å². The number of halogens is 4. The molecule has 1 aromatic heterocycles. The molecule has 0 aliphatic rings. The van der Waals surface area contributed by atoms with Crippen molar-refractivity contribution < 1.29 is 22.6 Å². The van der Waals surface area contributed by atoms with Crippen LogP contribution in [-0.4, -0.2) is 29.1 Å². The number of hydrazine groups is 1. The van der Waals surface area contributed by atoms with Crippen LogP contribution in [0, 0.1) is 17.5 Å². The molecule has 0 aliphatic carbocycles. The number of nitrogens with zero attached hydrogens (tertiary/aromatic N) is 3. The normalized spacial score (nSPS) is 12.0. The van der Waals surface area contributed by atoms with Crippen molar-refractivity contribution in [2.75, 3.05) is 13.7 Å². The molecule has 3 aromatic carbocycles. The number of imidazole rings is 1. The fourth-order valence-corrected chi connectivity index (χ4v) is 5.32. The molecule has 13 heteroatoms. The van der Waals surface area contributed by atoms with Gasteiger partial charge in [0.2, 0.25) is 0 Å². The largest absolute Gasteiger partial charge is 0.495 e. The molecule has 41 heavy (non-hydrogen) atoms. The van der Waals surface area contributed by atoms with E-state index in [4.69, 9.17) is 32.8 Å². The van der Waals surface area contributed by atoms with E-state index in [1.807, 2.05) is 30.5 Å². The second-order valence-electron chi connectivity index (χ2n) is 9.38. The van der Waals surface area contributed by atoms with Crippen molar-refractivity contribution in [2.24, 2.45) is 16.8 Å². The van der Waals surface area contributed by atoms with E-state index >= 15 is 0 Å². The Morgan fingerprint density at radius 3 is 2.39 bits per heavy atom. The Balaban J connectivity index is 1.68. The smallest absolute Gasteiger partial charge is 0.173 e. The van der Waals surface area contributed by atoms with Crippen LogP contribution in [0.5, 0.6) is 11.5 Å². The summed E-state index contributed by atoms with van der Waals surface area (Å²) in [5.74, 6) is 8.87. The number of thioether (sulfide) groups is 1. The van der Waals surface area contributed by atoms with Crippen molar-refractivity contribution in [3.63, 3.8) is 0 Å². The van der Waals surface area contributed by atoms with Crippen LogP contribution in [0.4, 0.5) is 13.2 Å². The molecule has 0 spiro atoms. The molecule has 0 atom stereocenters. The van der Waals surface area contributed by atoms with Crippen LogP contribution in [0.25, 0.3) is 5.69 Å². The van der Waals surface area contributed by atoms with Gasteiger partial charge in [0.1, 0.15) is 35.6 Å². The lowest BCUT2D eigenvalue weighted by atomic mass is 9.81. The number of hydrogen-bond acceptors (Lipinski definition) is 7. The Bertz CT molecular complexity index is 1540. The minimum atomic E-state index is -0.798. The zero-order valence-electron chi connectivity index (χ0n) is 22.4. The van der Waals surface area contributed by atoms with Gasteiger partial charge in [-0.05, 0) is 42.0 Å². The van der Waals surface area contributed by atoms with Crippen molar-refractivity contribution in [1.82, 2.24) is 15.0 Å². The summed E-state index contributed by atoms with van der Waals surface area (Å²) in [5, 5.41) is 4.29. The summed E-state index contributed by atoms with van der Waals surface area (Å²) in [6.45, 7) is 3.80. The quantitative estimate of drug-likeness (QED) is 0.0701. The highest BCUT2D eigenvalue weighted by Crippen LogP contribution is 2.39. The summed E-state index contributed by atoms with van der Waals surface area (Å²) in [6, 6.07) is 13.5. The Morgan fingerprint density at radius 2 is 1.78 bits per heavy atom. The molecular formula is C28H28ClF3N6O2S. The molecule has 8 nitrogen and oxygen atoms in total. The summed E-state index contributed by atoms with van der Waals surface area (Å²) in [4.78, 5) is 4.59. The summed E-state index contributed by atoms with van der Waals surface area (Å²) < 4.78 is 56.3. The molecule has 0 unspecified atom stereocenters. The van der Waals surface area contributed by atoms with Gasteiger partial charge in [-0.3, -0.25) is 4.57 Å². The molecule has 216 valence electrons. The Kier molecular flexibility index (Phi) is 9.36. The monoisotopic (exact) mass is 604 g/mol. The molecule has 0 radical (unpaired) electrons. The number of rotatable bonds is 10. The van der Waals surface area contributed by atoms with Gasteiger partial charge in [0.05, 0.1) is 24.0 Å². The van der Waals surface area contributed by atoms with E-state index in [-0.39, 0.29) is 29.5 Å². The third kappa shape index (κ3) is 6.55. The maximum absolute atomic E-state index is 15.0. The van der Waals surface area contributed by atoms with Crippen LogP contribution in [0.3, 0.4) is 0 Å². The SMILES string of the molecule is COc1cc(C(C)(C)c2cnc(SCc3c(F)cc(OC/C(=N/N)NN)cc3F)n2-c2ccc(F)cc2)ccc1Cl. The van der Waals surface area contributed by atoms with E-state index in [2.05, 4.69) is 15.5 Å². The number of aromatic nitrogens is 2. The maximum Gasteiger partial charge on any atom is 0.173 e. The number of amidine groups is 1. The van der Waals surface area contributed by atoms with E-state index in [1.165, 1.54) is 19.2 Å². The topological polar surface area (TPSA) is 113 Å². The predicted molar refractivity (Wildman–Crippen MR) is 154 cm³/mol. The maximum atomic E-state index is 15.0. The van der Waals surface area contributed by atoms with Gasteiger partial charge in [-0.2, -0.15) is 5.10 Å². The number of ether oxygens (including phenoxy) is 2. The molecule has 5 N–H and O–H groups in total. The summed E-state index contributed by atoms with van der Waals surface area (Å²) in [7, 11) is 1.54. The van der Waals surface area contributed by atoms with Crippen LogP contribution >= 0.6 is 23.4 Å². The first-order valence-electron chi connectivity index (χ1n) is 12.2. The highest BCUT2D eigenvalue weighted by atomic mass is 35.5. The summed E-state index contributed by atoms with van der Waals surface area (Å²) in [6.07, 6.45) is 1.69. The second-order valence-corrected chi connectivity index (χ2v) is 10.7. The van der Waals surface area contributed by atoms with Crippen LogP contribution < -0.4 is 26.6 Å². The molecule has 1 heterocycles. The molecule has 0 bridgehead atoms. The van der Waals surface area contributed by atoms with Gasteiger partial charge in [0.25, 0.3) is 0 Å². The molecule has 0 saturated carbocycles. The van der Waals surface area contributed by atoms with Crippen LogP contribution in [0.2, 0.25) is 5.02 Å². The van der Waals surface area contributed by atoms with Gasteiger partial charge in [-0.25, -0.2) is 24.0 Å². The summed E-state index contributed by atoms with van der Waals surface area (Å²) >= 11 is 7.38. The Hall–Kier alpha value is -3.87. The number of nitrogens with one attached hydrogen (secondary N) is 1. The molecule has 4 rings (SSSR count). The fraction of sp³-hybridized carbons (Fsp3) is 0.214. The van der Waals surface area contributed by atoms with Gasteiger partial charge in [-0.1, -0.05) is 43.3 Å². The number of hydrogen-bond donors (Lipinski definition) is 3. The van der Waals surface area contributed by atoms with Gasteiger partial charge < -0.3 is 20.7 Å².